The lowest BCUT2D eigenvalue weighted by molar-refractivity contribution is 0.0358. The smallest absolute Gasteiger partial charge is 0.277 e. The van der Waals surface area contributed by atoms with Crippen molar-refractivity contribution < 1.29 is 17.9 Å². The lowest BCUT2D eigenvalue weighted by Gasteiger charge is -2.26. The van der Waals surface area contributed by atoms with E-state index in [-0.39, 0.29) is 0 Å². The van der Waals surface area contributed by atoms with E-state index >= 15 is 0 Å². The van der Waals surface area contributed by atoms with Crippen LogP contribution in [0.2, 0.25) is 0 Å². The lowest BCUT2D eigenvalue weighted by atomic mass is 10.2. The molecule has 0 atom stereocenters. The van der Waals surface area contributed by atoms with E-state index in [0.29, 0.717) is 10.8 Å². The topological polar surface area (TPSA) is 60.8 Å². The Morgan fingerprint density at radius 2 is 1.72 bits per heavy atom. The maximum Gasteiger partial charge on any atom is 0.277 e. The van der Waals surface area contributed by atoms with Gasteiger partial charge in [0.15, 0.2) is 0 Å². The molecule has 1 aromatic carbocycles. The van der Waals surface area contributed by atoms with Gasteiger partial charge in [-0.25, -0.2) is 3.97 Å². The van der Waals surface area contributed by atoms with Crippen LogP contribution in [0, 0.1) is 0 Å². The maximum absolute atomic E-state index is 12.6. The van der Waals surface area contributed by atoms with Gasteiger partial charge in [-0.3, -0.25) is 4.90 Å². The Kier molecular flexibility index (Phi) is 6.34. The Morgan fingerprint density at radius 3 is 2.45 bits per heavy atom. The predicted octanol–water partition coefficient (Wildman–Crippen LogP) is 3.55. The molecule has 1 aliphatic rings. The Labute approximate surface area is 175 Å². The number of morpholine rings is 1. The van der Waals surface area contributed by atoms with Crippen LogP contribution in [-0.2, 0) is 14.8 Å². The summed E-state index contributed by atoms with van der Waals surface area (Å²) in [6, 6.07) is 14.7. The number of benzene rings is 1. The van der Waals surface area contributed by atoms with Gasteiger partial charge in [0.1, 0.15) is 9.96 Å². The third-order valence-corrected chi connectivity index (χ3v) is 8.07. The van der Waals surface area contributed by atoms with Crippen LogP contribution in [0.5, 0.6) is 5.75 Å². The molecule has 1 fully saturated rings. The van der Waals surface area contributed by atoms with Gasteiger partial charge in [-0.2, -0.15) is 8.42 Å². The molecular formula is C21H24N2O4S2. The van der Waals surface area contributed by atoms with Gasteiger partial charge in [0.25, 0.3) is 10.0 Å². The summed E-state index contributed by atoms with van der Waals surface area (Å²) >= 11 is 1.27. The third-order valence-electron chi connectivity index (χ3n) is 4.82. The van der Waals surface area contributed by atoms with E-state index in [1.807, 2.05) is 30.3 Å². The summed E-state index contributed by atoms with van der Waals surface area (Å²) in [7, 11) is -3.52. The van der Waals surface area contributed by atoms with Crippen molar-refractivity contribution in [1.29, 1.82) is 0 Å². The van der Waals surface area contributed by atoms with E-state index in [2.05, 4.69) is 4.90 Å². The molecule has 0 N–H and O–H groups in total. The van der Waals surface area contributed by atoms with Crippen LogP contribution in [0.1, 0.15) is 6.42 Å². The summed E-state index contributed by atoms with van der Waals surface area (Å²) in [6.07, 6.45) is 4.06. The van der Waals surface area contributed by atoms with Gasteiger partial charge in [0, 0.05) is 36.9 Å². The van der Waals surface area contributed by atoms with E-state index < -0.39 is 10.0 Å². The fourth-order valence-corrected chi connectivity index (χ4v) is 5.82. The monoisotopic (exact) mass is 432 g/mol. The molecule has 1 aliphatic heterocycles. The van der Waals surface area contributed by atoms with Crippen LogP contribution >= 0.6 is 11.3 Å². The second-order valence-corrected chi connectivity index (χ2v) is 9.97. The van der Waals surface area contributed by atoms with Crippen LogP contribution in [-0.4, -0.2) is 56.7 Å². The van der Waals surface area contributed by atoms with Gasteiger partial charge >= 0.3 is 0 Å². The van der Waals surface area contributed by atoms with Crippen LogP contribution in [0.25, 0.3) is 10.4 Å². The van der Waals surface area contributed by atoms with Gasteiger partial charge in [-0.1, -0.05) is 0 Å². The zero-order chi connectivity index (χ0) is 20.1. The molecule has 0 aliphatic carbocycles. The van der Waals surface area contributed by atoms with Crippen molar-refractivity contribution in [1.82, 2.24) is 8.87 Å². The largest absolute Gasteiger partial charge is 0.494 e. The molecule has 0 spiro atoms. The van der Waals surface area contributed by atoms with Gasteiger partial charge < -0.3 is 9.47 Å². The molecule has 1 saturated heterocycles. The van der Waals surface area contributed by atoms with E-state index in [0.717, 1.165) is 55.5 Å². The standard InChI is InChI=1S/C21H24N2O4S2/c24-29(25,23-11-1-2-12-23)21-9-8-20(28-21)18-4-6-19(7-5-18)27-15-3-10-22-13-16-26-17-14-22/h1-2,4-9,11-12H,3,10,13-17H2. The molecule has 0 saturated carbocycles. The number of rotatable bonds is 8. The second-order valence-electron chi connectivity index (χ2n) is 6.82. The molecule has 3 aromatic rings. The van der Waals surface area contributed by atoms with Gasteiger partial charge in [0.05, 0.1) is 19.8 Å². The van der Waals surface area contributed by atoms with E-state index in [4.69, 9.17) is 9.47 Å². The molecule has 0 unspecified atom stereocenters. The van der Waals surface area contributed by atoms with Crippen molar-refractivity contribution in [2.75, 3.05) is 39.5 Å². The number of nitrogens with zero attached hydrogens (tertiary/aromatic N) is 2. The highest BCUT2D eigenvalue weighted by Crippen LogP contribution is 2.32. The molecule has 2 aromatic heterocycles. The minimum atomic E-state index is -3.52. The first-order valence-corrected chi connectivity index (χ1v) is 11.9. The summed E-state index contributed by atoms with van der Waals surface area (Å²) in [5.74, 6) is 0.826. The van der Waals surface area contributed by atoms with Crippen molar-refractivity contribution >= 4 is 21.4 Å². The Hall–Kier alpha value is -2.13. The number of aromatic nitrogens is 1. The quantitative estimate of drug-likeness (QED) is 0.510. The molecule has 0 radical (unpaired) electrons. The van der Waals surface area contributed by atoms with Crippen molar-refractivity contribution in [3.05, 3.63) is 60.9 Å². The van der Waals surface area contributed by atoms with Crippen molar-refractivity contribution in [3.63, 3.8) is 0 Å². The molecule has 8 heteroatoms. The number of ether oxygens (including phenoxy) is 2. The van der Waals surface area contributed by atoms with Crippen LogP contribution < -0.4 is 4.74 Å². The first-order valence-electron chi connectivity index (χ1n) is 9.65. The lowest BCUT2D eigenvalue weighted by Crippen LogP contribution is -2.37. The Balaban J connectivity index is 1.33. The van der Waals surface area contributed by atoms with E-state index in [1.54, 1.807) is 30.6 Å². The fraction of sp³-hybridized carbons (Fsp3) is 0.333. The van der Waals surface area contributed by atoms with Crippen molar-refractivity contribution in [3.8, 4) is 16.2 Å². The van der Waals surface area contributed by atoms with Crippen LogP contribution in [0.4, 0.5) is 0 Å². The molecule has 6 nitrogen and oxygen atoms in total. The molecule has 3 heterocycles. The van der Waals surface area contributed by atoms with E-state index in [9.17, 15) is 8.42 Å². The highest BCUT2D eigenvalue weighted by Gasteiger charge is 2.18. The zero-order valence-electron chi connectivity index (χ0n) is 16.1. The summed E-state index contributed by atoms with van der Waals surface area (Å²) in [6.45, 7) is 5.33. The van der Waals surface area contributed by atoms with Gasteiger partial charge in [0.2, 0.25) is 0 Å². The van der Waals surface area contributed by atoms with Gasteiger partial charge in [-0.15, -0.1) is 11.3 Å². The number of hydrogen-bond donors (Lipinski definition) is 0. The fourth-order valence-electron chi connectivity index (χ4n) is 3.22. The summed E-state index contributed by atoms with van der Waals surface area (Å²) in [5.41, 5.74) is 0.977. The van der Waals surface area contributed by atoms with E-state index in [1.165, 1.54) is 15.3 Å². The minimum absolute atomic E-state index is 0.326. The number of hydrogen-bond acceptors (Lipinski definition) is 6. The summed E-state index contributed by atoms with van der Waals surface area (Å²) in [4.78, 5) is 3.31. The molecular weight excluding hydrogens is 408 g/mol. The summed E-state index contributed by atoms with van der Waals surface area (Å²) in [5, 5.41) is 0. The average molecular weight is 433 g/mol. The SMILES string of the molecule is O=S(=O)(c1ccc(-c2ccc(OCCCN3CCOCC3)cc2)s1)n1cccc1. The molecule has 29 heavy (non-hydrogen) atoms. The van der Waals surface area contributed by atoms with Crippen LogP contribution in [0.3, 0.4) is 0 Å². The first-order chi connectivity index (χ1) is 14.1. The average Bonchev–Trinajstić information content (AvgIpc) is 3.45. The molecule has 0 amide bonds. The minimum Gasteiger partial charge on any atom is -0.494 e. The number of thiophene rings is 1. The highest BCUT2D eigenvalue weighted by atomic mass is 32.2. The highest BCUT2D eigenvalue weighted by molar-refractivity contribution is 7.92. The second kappa shape index (κ2) is 9.13. The Morgan fingerprint density at radius 1 is 1.00 bits per heavy atom. The Bertz CT molecular complexity index is 1010. The summed E-state index contributed by atoms with van der Waals surface area (Å²) < 4.78 is 38.0. The maximum atomic E-state index is 12.6. The first kappa shape index (κ1) is 20.2. The molecule has 4 rings (SSSR count). The van der Waals surface area contributed by atoms with Crippen LogP contribution in [0.15, 0.2) is 65.1 Å². The predicted molar refractivity (Wildman–Crippen MR) is 114 cm³/mol. The van der Waals surface area contributed by atoms with Crippen molar-refractivity contribution in [2.45, 2.75) is 10.6 Å². The van der Waals surface area contributed by atoms with Gasteiger partial charge in [-0.05, 0) is 60.5 Å². The van der Waals surface area contributed by atoms with Crippen molar-refractivity contribution in [2.24, 2.45) is 0 Å². The zero-order valence-corrected chi connectivity index (χ0v) is 17.7. The normalized spacial score (nSPS) is 15.4. The molecule has 154 valence electrons. The molecule has 0 bridgehead atoms. The third kappa shape index (κ3) is 4.90.